The van der Waals surface area contributed by atoms with Crippen LogP contribution in [0.2, 0.25) is 0 Å². The smallest absolute Gasteiger partial charge is 0.408 e. The van der Waals surface area contributed by atoms with E-state index in [1.165, 1.54) is 6.92 Å². The van der Waals surface area contributed by atoms with Crippen LogP contribution in [0.4, 0.5) is 4.79 Å². The Morgan fingerprint density at radius 2 is 1.55 bits per heavy atom. The second kappa shape index (κ2) is 15.1. The van der Waals surface area contributed by atoms with Crippen LogP contribution in [0.25, 0.3) is 0 Å². The van der Waals surface area contributed by atoms with Gasteiger partial charge in [0.25, 0.3) is 0 Å². The Kier molecular flexibility index (Phi) is 10.8. The summed E-state index contributed by atoms with van der Waals surface area (Å²) in [6.07, 6.45) is -7.63. The Morgan fingerprint density at radius 3 is 2.12 bits per heavy atom. The molecule has 3 N–H and O–H groups in total. The number of amides is 1. The molecule has 12 unspecified atom stereocenters. The molecular formula is C45H53NO14. The summed E-state index contributed by atoms with van der Waals surface area (Å²) >= 11 is 0. The van der Waals surface area contributed by atoms with Gasteiger partial charge in [-0.3, -0.25) is 14.4 Å². The minimum Gasteiger partial charge on any atom is -0.457 e. The molecule has 60 heavy (non-hydrogen) atoms. The van der Waals surface area contributed by atoms with Crippen molar-refractivity contribution in [1.82, 2.24) is 5.32 Å². The lowest BCUT2D eigenvalue weighted by atomic mass is 9.33. The lowest BCUT2D eigenvalue weighted by Crippen LogP contribution is -2.86. The van der Waals surface area contributed by atoms with Crippen molar-refractivity contribution in [2.45, 2.75) is 128 Å². The standard InChI is InChI=1S/C45H53NO14/c1-23-28(57-39(52)33(49)32(26-15-11-9-12-16-26)46-40(53)60-41(4,5)6)21-45(54)31-35-42(7,20-19-29-44(35,22-55-29)59-25(3)48)36(50)34(56-24(2)47)30(23)43(45,8)37(31)58-38(51)27-17-13-10-14-18-27/h9-18,28-29,31-35,37,49,54H,19-22H2,1-8H3,(H,46,53). The van der Waals surface area contributed by atoms with Gasteiger partial charge in [-0.15, -0.1) is 0 Å². The summed E-state index contributed by atoms with van der Waals surface area (Å²) in [6.45, 7) is 12.1. The Labute approximate surface area is 348 Å². The number of nitrogens with one attached hydrogen (secondary N) is 1. The highest BCUT2D eigenvalue weighted by atomic mass is 16.6. The highest BCUT2D eigenvalue weighted by Crippen LogP contribution is 2.74. The van der Waals surface area contributed by atoms with Crippen molar-refractivity contribution >= 4 is 35.8 Å². The van der Waals surface area contributed by atoms with Crippen molar-refractivity contribution in [3.05, 3.63) is 82.9 Å². The molecule has 6 aliphatic rings. The molecule has 1 saturated heterocycles. The van der Waals surface area contributed by atoms with Gasteiger partial charge in [-0.25, -0.2) is 14.4 Å². The first-order chi connectivity index (χ1) is 28.1. The number of Topliss-reactive ketones (excluding diaryl/α,β-unsaturated/α-hetero) is 1. The number of carbonyl (C=O) groups excluding carboxylic acids is 6. The molecule has 1 amide bonds. The molecule has 1 heterocycles. The average molecular weight is 832 g/mol. The third-order valence-electron chi connectivity index (χ3n) is 13.4. The molecule has 1 aliphatic heterocycles. The minimum atomic E-state index is -2.00. The lowest BCUT2D eigenvalue weighted by molar-refractivity contribution is -0.371. The largest absolute Gasteiger partial charge is 0.457 e. The third-order valence-corrected chi connectivity index (χ3v) is 13.4. The fraction of sp³-hybridized carbons (Fsp3) is 0.556. The van der Waals surface area contributed by atoms with Crippen molar-refractivity contribution in [2.24, 2.45) is 22.7 Å². The molecule has 4 bridgehead atoms. The molecule has 4 saturated carbocycles. The van der Waals surface area contributed by atoms with E-state index in [9.17, 15) is 34.2 Å². The normalized spacial score (nSPS) is 34.9. The van der Waals surface area contributed by atoms with E-state index in [2.05, 4.69) is 5.32 Å². The summed E-state index contributed by atoms with van der Waals surface area (Å²) < 4.78 is 36.0. The van der Waals surface area contributed by atoms with E-state index < -0.39 is 112 Å². The molecule has 5 fully saturated rings. The van der Waals surface area contributed by atoms with Gasteiger partial charge in [0, 0.05) is 37.5 Å². The van der Waals surface area contributed by atoms with E-state index >= 15 is 4.79 Å². The van der Waals surface area contributed by atoms with Crippen LogP contribution in [0.5, 0.6) is 0 Å². The number of esters is 4. The van der Waals surface area contributed by atoms with Crippen LogP contribution in [-0.2, 0) is 47.6 Å². The highest BCUT2D eigenvalue weighted by Gasteiger charge is 2.85. The number of carbonyl (C=O) groups is 6. The zero-order chi connectivity index (χ0) is 43.7. The molecule has 2 aromatic carbocycles. The molecule has 15 heteroatoms. The summed E-state index contributed by atoms with van der Waals surface area (Å²) in [5, 5.41) is 27.7. The van der Waals surface area contributed by atoms with E-state index in [-0.39, 0.29) is 36.2 Å². The second-order valence-electron chi connectivity index (χ2n) is 18.2. The van der Waals surface area contributed by atoms with E-state index in [4.69, 9.17) is 28.4 Å². The number of rotatable bonds is 9. The van der Waals surface area contributed by atoms with Gasteiger partial charge in [-0.1, -0.05) is 55.5 Å². The molecule has 0 spiro atoms. The van der Waals surface area contributed by atoms with Crippen LogP contribution in [0.3, 0.4) is 0 Å². The molecule has 322 valence electrons. The van der Waals surface area contributed by atoms with Gasteiger partial charge in [0.05, 0.1) is 29.2 Å². The number of fused-ring (bicyclic) bond motifs is 2. The predicted molar refractivity (Wildman–Crippen MR) is 210 cm³/mol. The highest BCUT2D eigenvalue weighted by molar-refractivity contribution is 5.95. The molecule has 0 radical (unpaired) electrons. The Bertz CT molecular complexity index is 2120. The second-order valence-corrected chi connectivity index (χ2v) is 18.2. The molecule has 8 rings (SSSR count). The first kappa shape index (κ1) is 43.0. The van der Waals surface area contributed by atoms with E-state index in [1.54, 1.807) is 102 Å². The van der Waals surface area contributed by atoms with Crippen molar-refractivity contribution in [1.29, 1.82) is 0 Å². The van der Waals surface area contributed by atoms with Crippen LogP contribution in [0, 0.1) is 22.7 Å². The summed E-state index contributed by atoms with van der Waals surface area (Å²) in [7, 11) is 0. The third kappa shape index (κ3) is 6.78. The first-order valence-electron chi connectivity index (χ1n) is 20.2. The van der Waals surface area contributed by atoms with E-state index in [1.807, 2.05) is 0 Å². The fourth-order valence-electron chi connectivity index (χ4n) is 10.9. The summed E-state index contributed by atoms with van der Waals surface area (Å²) in [5.41, 5.74) is -6.51. The Balaban J connectivity index is 1.36. The molecule has 2 aromatic rings. The summed E-state index contributed by atoms with van der Waals surface area (Å²) in [5.74, 6) is -6.09. The van der Waals surface area contributed by atoms with Crippen LogP contribution in [0.1, 0.15) is 96.6 Å². The van der Waals surface area contributed by atoms with Crippen LogP contribution < -0.4 is 5.32 Å². The molecule has 12 atom stereocenters. The quantitative estimate of drug-likeness (QED) is 0.181. The van der Waals surface area contributed by atoms with Gasteiger partial charge in [-0.05, 0) is 76.3 Å². The van der Waals surface area contributed by atoms with Gasteiger partial charge < -0.3 is 44.0 Å². The Morgan fingerprint density at radius 1 is 0.917 bits per heavy atom. The van der Waals surface area contributed by atoms with Crippen LogP contribution >= 0.6 is 0 Å². The minimum absolute atomic E-state index is 0.0885. The predicted octanol–water partition coefficient (Wildman–Crippen LogP) is 4.47. The monoisotopic (exact) mass is 831 g/mol. The van der Waals surface area contributed by atoms with E-state index in [0.29, 0.717) is 12.0 Å². The number of aliphatic hydroxyl groups is 2. The topological polar surface area (TPSA) is 210 Å². The number of hydrogen-bond donors (Lipinski definition) is 3. The molecule has 0 aromatic heterocycles. The number of ether oxygens (including phenoxy) is 6. The van der Waals surface area contributed by atoms with E-state index in [0.717, 1.165) is 6.92 Å². The van der Waals surface area contributed by atoms with Crippen molar-refractivity contribution in [3.8, 4) is 0 Å². The summed E-state index contributed by atoms with van der Waals surface area (Å²) in [6, 6.07) is 15.1. The first-order valence-corrected chi connectivity index (χ1v) is 20.2. The number of aliphatic hydroxyl groups excluding tert-OH is 1. The van der Waals surface area contributed by atoms with Crippen molar-refractivity contribution in [3.63, 3.8) is 0 Å². The number of ketones is 1. The van der Waals surface area contributed by atoms with Crippen LogP contribution in [0.15, 0.2) is 71.8 Å². The average Bonchev–Trinajstić information content (AvgIpc) is 3.17. The van der Waals surface area contributed by atoms with Crippen molar-refractivity contribution in [2.75, 3.05) is 6.61 Å². The molecular weight excluding hydrogens is 778 g/mol. The summed E-state index contributed by atoms with van der Waals surface area (Å²) in [4.78, 5) is 82.4. The number of hydrogen-bond acceptors (Lipinski definition) is 14. The number of benzene rings is 2. The van der Waals surface area contributed by atoms with Gasteiger partial charge in [-0.2, -0.15) is 0 Å². The maximum absolute atomic E-state index is 15.3. The van der Waals surface area contributed by atoms with Gasteiger partial charge in [0.15, 0.2) is 23.6 Å². The van der Waals surface area contributed by atoms with Gasteiger partial charge in [0.1, 0.15) is 23.9 Å². The van der Waals surface area contributed by atoms with Crippen molar-refractivity contribution < 1.29 is 67.4 Å². The molecule has 5 aliphatic carbocycles. The van der Waals surface area contributed by atoms with Crippen LogP contribution in [-0.4, -0.2) is 99.9 Å². The van der Waals surface area contributed by atoms with Gasteiger partial charge >= 0.3 is 30.0 Å². The number of alkyl carbamates (subject to hydrolysis) is 1. The van der Waals surface area contributed by atoms with Gasteiger partial charge in [0.2, 0.25) is 0 Å². The fourth-order valence-corrected chi connectivity index (χ4v) is 10.9. The lowest BCUT2D eigenvalue weighted by Gasteiger charge is -2.75. The molecule has 15 nitrogen and oxygen atoms in total. The maximum Gasteiger partial charge on any atom is 0.408 e. The Hall–Kier alpha value is -5.12. The SMILES string of the molecule is CC(=O)OC1C(=O)C2(C)CCC3OCC3(OC(C)=O)C2C2C(OC(=O)c3ccccc3)C3(C)C1=C(C)C(OC(=O)C(O)C(NC(=O)OC(C)(C)C)c1ccccc1)CC23O. The maximum atomic E-state index is 15.3. The zero-order valence-electron chi connectivity index (χ0n) is 35.0. The zero-order valence-corrected chi connectivity index (χ0v) is 35.0.